The average molecular weight is 294 g/mol. The average Bonchev–Trinajstić information content (AvgIpc) is 3.01. The number of rotatable bonds is 3. The zero-order chi connectivity index (χ0) is 14.5. The molecule has 1 heterocycles. The molecular formula is C16H26N2O3. The molecule has 1 aliphatic heterocycles. The lowest BCUT2D eigenvalue weighted by Gasteiger charge is -2.63. The van der Waals surface area contributed by atoms with E-state index in [-0.39, 0.29) is 17.5 Å². The zero-order valence-corrected chi connectivity index (χ0v) is 12.6. The Kier molecular flexibility index (Phi) is 3.19. The standard InChI is InChI=1S/C16H26N2O3/c19-14(17-10-15(20)5-1-2-6-15)18-12-11-4-9-21-13(11)16(12)7-3-8-16/h11-13,20H,1-10H2,(H2,17,18,19). The lowest BCUT2D eigenvalue weighted by Crippen LogP contribution is -2.72. The van der Waals surface area contributed by atoms with E-state index in [1.807, 2.05) is 0 Å². The normalized spacial score (nSPS) is 38.4. The van der Waals surface area contributed by atoms with Gasteiger partial charge in [-0.05, 0) is 32.1 Å². The maximum Gasteiger partial charge on any atom is 0.315 e. The van der Waals surface area contributed by atoms with E-state index in [1.54, 1.807) is 0 Å². The molecule has 118 valence electrons. The Labute approximate surface area is 125 Å². The van der Waals surface area contributed by atoms with Crippen LogP contribution >= 0.6 is 0 Å². The van der Waals surface area contributed by atoms with Gasteiger partial charge in [0.15, 0.2) is 0 Å². The van der Waals surface area contributed by atoms with Crippen molar-refractivity contribution in [3.63, 3.8) is 0 Å². The molecule has 3 unspecified atom stereocenters. The minimum atomic E-state index is -0.676. The lowest BCUT2D eigenvalue weighted by atomic mass is 9.46. The van der Waals surface area contributed by atoms with E-state index in [1.165, 1.54) is 19.3 Å². The molecule has 3 atom stereocenters. The molecule has 0 aromatic heterocycles. The van der Waals surface area contributed by atoms with Crippen molar-refractivity contribution in [3.8, 4) is 0 Å². The van der Waals surface area contributed by atoms with Gasteiger partial charge in [0.05, 0.1) is 11.7 Å². The number of aliphatic hydroxyl groups is 1. The highest BCUT2D eigenvalue weighted by Crippen LogP contribution is 2.62. The quantitative estimate of drug-likeness (QED) is 0.739. The molecule has 0 radical (unpaired) electrons. The van der Waals surface area contributed by atoms with Crippen molar-refractivity contribution in [2.75, 3.05) is 13.2 Å². The minimum absolute atomic E-state index is 0.114. The molecule has 4 rings (SSSR count). The fraction of sp³-hybridized carbons (Fsp3) is 0.938. The predicted molar refractivity (Wildman–Crippen MR) is 77.9 cm³/mol. The predicted octanol–water partition coefficient (Wildman–Crippen LogP) is 1.55. The van der Waals surface area contributed by atoms with E-state index in [0.29, 0.717) is 18.6 Å². The van der Waals surface area contributed by atoms with E-state index in [4.69, 9.17) is 4.74 Å². The highest BCUT2D eigenvalue weighted by molar-refractivity contribution is 5.74. The van der Waals surface area contributed by atoms with Crippen molar-refractivity contribution < 1.29 is 14.6 Å². The van der Waals surface area contributed by atoms with Crippen molar-refractivity contribution in [3.05, 3.63) is 0 Å². The molecule has 0 bridgehead atoms. The molecule has 2 amide bonds. The second kappa shape index (κ2) is 4.85. The second-order valence-corrected chi connectivity index (χ2v) is 7.57. The molecule has 1 spiro atoms. The Morgan fingerprint density at radius 1 is 1.19 bits per heavy atom. The summed E-state index contributed by atoms with van der Waals surface area (Å²) in [6.07, 6.45) is 8.81. The molecule has 4 aliphatic rings. The number of urea groups is 1. The first-order valence-corrected chi connectivity index (χ1v) is 8.51. The number of nitrogens with one attached hydrogen (secondary N) is 2. The molecular weight excluding hydrogens is 268 g/mol. The molecule has 3 saturated carbocycles. The van der Waals surface area contributed by atoms with Gasteiger partial charge in [-0.15, -0.1) is 0 Å². The number of hydrogen-bond donors (Lipinski definition) is 3. The monoisotopic (exact) mass is 294 g/mol. The number of fused-ring (bicyclic) bond motifs is 2. The summed E-state index contributed by atoms with van der Waals surface area (Å²) in [5.41, 5.74) is -0.452. The fourth-order valence-corrected chi connectivity index (χ4v) is 5.10. The minimum Gasteiger partial charge on any atom is -0.388 e. The number of hydrogen-bond acceptors (Lipinski definition) is 3. The Hall–Kier alpha value is -0.810. The van der Waals surface area contributed by atoms with Crippen LogP contribution in [-0.4, -0.2) is 42.0 Å². The maximum atomic E-state index is 12.2. The summed E-state index contributed by atoms with van der Waals surface area (Å²) < 4.78 is 5.87. The van der Waals surface area contributed by atoms with Crippen LogP contribution < -0.4 is 10.6 Å². The zero-order valence-electron chi connectivity index (χ0n) is 12.6. The summed E-state index contributed by atoms with van der Waals surface area (Å²) in [7, 11) is 0. The molecule has 5 nitrogen and oxygen atoms in total. The molecule has 0 aromatic carbocycles. The molecule has 4 fully saturated rings. The van der Waals surface area contributed by atoms with Gasteiger partial charge in [-0.3, -0.25) is 0 Å². The number of ether oxygens (including phenoxy) is 1. The van der Waals surface area contributed by atoms with Gasteiger partial charge in [0.1, 0.15) is 0 Å². The first-order chi connectivity index (χ1) is 10.1. The topological polar surface area (TPSA) is 70.6 Å². The van der Waals surface area contributed by atoms with Gasteiger partial charge < -0.3 is 20.5 Å². The highest BCUT2D eigenvalue weighted by atomic mass is 16.5. The van der Waals surface area contributed by atoms with Crippen LogP contribution in [-0.2, 0) is 4.74 Å². The van der Waals surface area contributed by atoms with Crippen LogP contribution in [0.1, 0.15) is 51.4 Å². The summed E-state index contributed by atoms with van der Waals surface area (Å²) in [4.78, 5) is 12.2. The summed E-state index contributed by atoms with van der Waals surface area (Å²) in [5.74, 6) is 0.505. The van der Waals surface area contributed by atoms with Gasteiger partial charge in [0.2, 0.25) is 0 Å². The number of amides is 2. The van der Waals surface area contributed by atoms with Gasteiger partial charge in [-0.25, -0.2) is 4.79 Å². The first kappa shape index (κ1) is 13.8. The molecule has 3 N–H and O–H groups in total. The van der Waals surface area contributed by atoms with Crippen molar-refractivity contribution in [1.82, 2.24) is 10.6 Å². The van der Waals surface area contributed by atoms with Crippen LogP contribution in [0.4, 0.5) is 4.79 Å². The summed E-state index contributed by atoms with van der Waals surface area (Å²) in [5, 5.41) is 16.4. The second-order valence-electron chi connectivity index (χ2n) is 7.57. The van der Waals surface area contributed by atoms with Crippen molar-refractivity contribution >= 4 is 6.03 Å². The number of carbonyl (C=O) groups is 1. The summed E-state index contributed by atoms with van der Waals surface area (Å²) >= 11 is 0. The first-order valence-electron chi connectivity index (χ1n) is 8.51. The molecule has 21 heavy (non-hydrogen) atoms. The van der Waals surface area contributed by atoms with E-state index in [0.717, 1.165) is 38.7 Å². The Balaban J connectivity index is 1.32. The van der Waals surface area contributed by atoms with E-state index in [9.17, 15) is 9.90 Å². The van der Waals surface area contributed by atoms with Crippen LogP contribution in [0.25, 0.3) is 0 Å². The SMILES string of the molecule is O=C(NCC1(O)CCCC1)NC1C2CCOC2C12CCC2. The molecule has 3 aliphatic carbocycles. The van der Waals surface area contributed by atoms with Gasteiger partial charge in [0.25, 0.3) is 0 Å². The highest BCUT2D eigenvalue weighted by Gasteiger charge is 2.67. The third-order valence-electron chi connectivity index (χ3n) is 6.43. The summed E-state index contributed by atoms with van der Waals surface area (Å²) in [6.45, 7) is 1.22. The molecule has 1 saturated heterocycles. The van der Waals surface area contributed by atoms with Gasteiger partial charge in [-0.2, -0.15) is 0 Å². The summed E-state index contributed by atoms with van der Waals surface area (Å²) in [6, 6.07) is 0.161. The van der Waals surface area contributed by atoms with Crippen LogP contribution in [0, 0.1) is 11.3 Å². The van der Waals surface area contributed by atoms with E-state index >= 15 is 0 Å². The van der Waals surface area contributed by atoms with Crippen LogP contribution in [0.2, 0.25) is 0 Å². The van der Waals surface area contributed by atoms with Crippen molar-refractivity contribution in [2.24, 2.45) is 11.3 Å². The largest absolute Gasteiger partial charge is 0.388 e. The van der Waals surface area contributed by atoms with Crippen molar-refractivity contribution in [2.45, 2.75) is 69.1 Å². The Morgan fingerprint density at radius 2 is 1.95 bits per heavy atom. The van der Waals surface area contributed by atoms with Gasteiger partial charge in [0, 0.05) is 30.5 Å². The van der Waals surface area contributed by atoms with Gasteiger partial charge >= 0.3 is 6.03 Å². The van der Waals surface area contributed by atoms with Crippen LogP contribution in [0.5, 0.6) is 0 Å². The number of carbonyl (C=O) groups excluding carboxylic acids is 1. The Morgan fingerprint density at radius 3 is 2.62 bits per heavy atom. The van der Waals surface area contributed by atoms with Crippen LogP contribution in [0.15, 0.2) is 0 Å². The maximum absolute atomic E-state index is 12.2. The van der Waals surface area contributed by atoms with Gasteiger partial charge in [-0.1, -0.05) is 19.3 Å². The lowest BCUT2D eigenvalue weighted by molar-refractivity contribution is -0.172. The molecule has 5 heteroatoms. The fourth-order valence-electron chi connectivity index (χ4n) is 5.10. The van der Waals surface area contributed by atoms with Crippen molar-refractivity contribution in [1.29, 1.82) is 0 Å². The van der Waals surface area contributed by atoms with E-state index < -0.39 is 5.60 Å². The molecule has 0 aromatic rings. The van der Waals surface area contributed by atoms with Crippen LogP contribution in [0.3, 0.4) is 0 Å². The smallest absolute Gasteiger partial charge is 0.315 e. The third kappa shape index (κ3) is 2.08. The van der Waals surface area contributed by atoms with E-state index in [2.05, 4.69) is 10.6 Å². The third-order valence-corrected chi connectivity index (χ3v) is 6.43. The Bertz CT molecular complexity index is 429.